The van der Waals surface area contributed by atoms with E-state index in [4.69, 9.17) is 23.9 Å². The van der Waals surface area contributed by atoms with Crippen LogP contribution in [0.2, 0.25) is 0 Å². The maximum absolute atomic E-state index is 5.63. The Morgan fingerprint density at radius 3 is 2.57 bits per heavy atom. The number of rotatable bonds is 6. The lowest BCUT2D eigenvalue weighted by atomic mass is 10.0. The van der Waals surface area contributed by atoms with Gasteiger partial charge in [-0.05, 0) is 36.2 Å². The summed E-state index contributed by atoms with van der Waals surface area (Å²) < 4.78 is 22.1. The predicted molar refractivity (Wildman–Crippen MR) is 118 cm³/mol. The third-order valence-corrected chi connectivity index (χ3v) is 5.45. The minimum absolute atomic E-state index is 0.673. The fourth-order valence-corrected chi connectivity index (χ4v) is 3.88. The maximum Gasteiger partial charge on any atom is 0.162 e. The highest BCUT2D eigenvalue weighted by Crippen LogP contribution is 2.35. The molecule has 0 atom stereocenters. The molecule has 2 heterocycles. The van der Waals surface area contributed by atoms with Crippen LogP contribution in [0.4, 0.5) is 0 Å². The van der Waals surface area contributed by atoms with Crippen molar-refractivity contribution in [2.24, 2.45) is 0 Å². The molecule has 2 aromatic carbocycles. The fraction of sp³-hybridized carbons (Fsp3) is 0.375. The molecule has 0 radical (unpaired) electrons. The second kappa shape index (κ2) is 9.32. The summed E-state index contributed by atoms with van der Waals surface area (Å²) in [6.07, 6.45) is 1.04. The van der Waals surface area contributed by atoms with Gasteiger partial charge in [0.05, 0.1) is 39.1 Å². The van der Waals surface area contributed by atoms with E-state index in [1.807, 2.05) is 30.3 Å². The number of nitrogens with zero attached hydrogens (tertiary/aromatic N) is 2. The van der Waals surface area contributed by atoms with E-state index in [2.05, 4.69) is 17.0 Å². The summed E-state index contributed by atoms with van der Waals surface area (Å²) in [7, 11) is 4.98. The van der Waals surface area contributed by atoms with Gasteiger partial charge in [0.2, 0.25) is 0 Å². The van der Waals surface area contributed by atoms with Gasteiger partial charge in [-0.2, -0.15) is 0 Å². The lowest BCUT2D eigenvalue weighted by Gasteiger charge is -2.21. The van der Waals surface area contributed by atoms with Crippen LogP contribution in [0.25, 0.3) is 22.2 Å². The van der Waals surface area contributed by atoms with Crippen LogP contribution < -0.4 is 14.2 Å². The molecule has 30 heavy (non-hydrogen) atoms. The van der Waals surface area contributed by atoms with Gasteiger partial charge in [0.1, 0.15) is 5.75 Å². The molecule has 1 aromatic heterocycles. The molecule has 0 amide bonds. The van der Waals surface area contributed by atoms with Crippen molar-refractivity contribution in [3.8, 4) is 28.5 Å². The van der Waals surface area contributed by atoms with E-state index in [0.29, 0.717) is 11.5 Å². The molecule has 0 N–H and O–H groups in total. The number of aromatic nitrogens is 1. The Bertz CT molecular complexity index is 1010. The molecule has 0 saturated carbocycles. The molecule has 1 saturated heterocycles. The Hall–Kier alpha value is -2.83. The van der Waals surface area contributed by atoms with Gasteiger partial charge in [0.25, 0.3) is 0 Å². The van der Waals surface area contributed by atoms with E-state index in [1.54, 1.807) is 21.3 Å². The van der Waals surface area contributed by atoms with E-state index < -0.39 is 0 Å². The average molecular weight is 408 g/mol. The zero-order chi connectivity index (χ0) is 20.9. The molecular weight excluding hydrogens is 380 g/mol. The average Bonchev–Trinajstić information content (AvgIpc) is 3.06. The van der Waals surface area contributed by atoms with Crippen molar-refractivity contribution < 1.29 is 18.9 Å². The minimum atomic E-state index is 0.673. The lowest BCUT2D eigenvalue weighted by molar-refractivity contribution is 0.140. The van der Waals surface area contributed by atoms with Crippen LogP contribution in [0.3, 0.4) is 0 Å². The van der Waals surface area contributed by atoms with Gasteiger partial charge in [-0.15, -0.1) is 0 Å². The zero-order valence-corrected chi connectivity index (χ0v) is 17.8. The Labute approximate surface area is 177 Å². The summed E-state index contributed by atoms with van der Waals surface area (Å²) in [4.78, 5) is 7.48. The van der Waals surface area contributed by atoms with Crippen molar-refractivity contribution in [1.82, 2.24) is 9.88 Å². The van der Waals surface area contributed by atoms with Crippen molar-refractivity contribution >= 4 is 10.9 Å². The molecule has 4 rings (SSSR count). The van der Waals surface area contributed by atoms with Gasteiger partial charge in [-0.25, -0.2) is 4.98 Å². The van der Waals surface area contributed by atoms with Gasteiger partial charge >= 0.3 is 0 Å². The normalized spacial score (nSPS) is 15.0. The van der Waals surface area contributed by atoms with Gasteiger partial charge in [-0.1, -0.05) is 12.1 Å². The van der Waals surface area contributed by atoms with Gasteiger partial charge in [0, 0.05) is 43.3 Å². The number of ether oxygens (including phenoxy) is 4. The summed E-state index contributed by atoms with van der Waals surface area (Å²) in [5, 5.41) is 1.03. The first-order valence-electron chi connectivity index (χ1n) is 10.2. The fourth-order valence-electron chi connectivity index (χ4n) is 3.88. The predicted octanol–water partition coefficient (Wildman–Crippen LogP) is 4.15. The smallest absolute Gasteiger partial charge is 0.162 e. The van der Waals surface area contributed by atoms with Crippen molar-refractivity contribution in [2.45, 2.75) is 13.0 Å². The highest BCUT2D eigenvalue weighted by Gasteiger charge is 2.17. The maximum atomic E-state index is 5.63. The molecule has 1 fully saturated rings. The summed E-state index contributed by atoms with van der Waals surface area (Å²) in [6, 6.07) is 14.2. The number of methoxy groups -OCH3 is 3. The molecule has 0 unspecified atom stereocenters. The van der Waals surface area contributed by atoms with Crippen LogP contribution >= 0.6 is 0 Å². The van der Waals surface area contributed by atoms with Crippen LogP contribution in [0, 0.1) is 0 Å². The Kier molecular flexibility index (Phi) is 6.35. The van der Waals surface area contributed by atoms with Crippen LogP contribution in [0.15, 0.2) is 42.5 Å². The summed E-state index contributed by atoms with van der Waals surface area (Å²) in [5.41, 5.74) is 4.03. The van der Waals surface area contributed by atoms with Crippen molar-refractivity contribution in [1.29, 1.82) is 0 Å². The molecule has 1 aliphatic heterocycles. The summed E-state index contributed by atoms with van der Waals surface area (Å²) >= 11 is 0. The Morgan fingerprint density at radius 1 is 0.933 bits per heavy atom. The molecule has 0 spiro atoms. The number of hydrogen-bond donors (Lipinski definition) is 0. The van der Waals surface area contributed by atoms with E-state index in [-0.39, 0.29) is 0 Å². The molecular formula is C24H28N2O4. The van der Waals surface area contributed by atoms with Crippen molar-refractivity contribution in [3.05, 3.63) is 48.0 Å². The third-order valence-electron chi connectivity index (χ3n) is 5.45. The van der Waals surface area contributed by atoms with Crippen molar-refractivity contribution in [3.63, 3.8) is 0 Å². The standard InChI is InChI=1S/C24H28N2O4/c1-27-20-7-4-6-17(13-20)24-19(16-26-8-5-10-30-11-9-26)12-18-14-22(28-2)23(29-3)15-21(18)25-24/h4,6-7,12-15H,5,8-11,16H2,1-3H3. The highest BCUT2D eigenvalue weighted by molar-refractivity contribution is 5.86. The molecule has 158 valence electrons. The first-order chi connectivity index (χ1) is 14.7. The van der Waals surface area contributed by atoms with E-state index in [1.165, 1.54) is 5.56 Å². The van der Waals surface area contributed by atoms with Crippen LogP contribution in [-0.4, -0.2) is 57.5 Å². The van der Waals surface area contributed by atoms with Gasteiger partial charge < -0.3 is 18.9 Å². The minimum Gasteiger partial charge on any atom is -0.497 e. The number of hydrogen-bond acceptors (Lipinski definition) is 6. The summed E-state index contributed by atoms with van der Waals surface area (Å²) in [5.74, 6) is 2.19. The molecule has 6 heteroatoms. The zero-order valence-electron chi connectivity index (χ0n) is 17.8. The van der Waals surface area contributed by atoms with Crippen LogP contribution in [0.1, 0.15) is 12.0 Å². The Balaban J connectivity index is 1.84. The first kappa shape index (κ1) is 20.4. The van der Waals surface area contributed by atoms with Crippen molar-refractivity contribution in [2.75, 3.05) is 47.6 Å². The number of pyridine rings is 1. The second-order valence-corrected chi connectivity index (χ2v) is 7.37. The topological polar surface area (TPSA) is 53.0 Å². The quantitative estimate of drug-likeness (QED) is 0.611. The van der Waals surface area contributed by atoms with E-state index in [0.717, 1.165) is 67.2 Å². The SMILES string of the molecule is COc1cccc(-c2nc3cc(OC)c(OC)cc3cc2CN2CCCOCC2)c1. The second-order valence-electron chi connectivity index (χ2n) is 7.37. The van der Waals surface area contributed by atoms with Gasteiger partial charge in [-0.3, -0.25) is 4.90 Å². The van der Waals surface area contributed by atoms with E-state index in [9.17, 15) is 0 Å². The first-order valence-corrected chi connectivity index (χ1v) is 10.2. The Morgan fingerprint density at radius 2 is 1.77 bits per heavy atom. The monoisotopic (exact) mass is 408 g/mol. The molecule has 0 bridgehead atoms. The van der Waals surface area contributed by atoms with Crippen LogP contribution in [-0.2, 0) is 11.3 Å². The van der Waals surface area contributed by atoms with E-state index >= 15 is 0 Å². The number of benzene rings is 2. The summed E-state index contributed by atoms with van der Waals surface area (Å²) in [6.45, 7) is 4.34. The highest BCUT2D eigenvalue weighted by atomic mass is 16.5. The van der Waals surface area contributed by atoms with Crippen LogP contribution in [0.5, 0.6) is 17.2 Å². The number of fused-ring (bicyclic) bond motifs is 1. The molecule has 0 aliphatic carbocycles. The lowest BCUT2D eigenvalue weighted by Crippen LogP contribution is -2.26. The largest absolute Gasteiger partial charge is 0.497 e. The molecule has 3 aromatic rings. The van der Waals surface area contributed by atoms with Gasteiger partial charge in [0.15, 0.2) is 11.5 Å². The third kappa shape index (κ3) is 4.35. The molecule has 6 nitrogen and oxygen atoms in total. The molecule has 1 aliphatic rings.